The van der Waals surface area contributed by atoms with Gasteiger partial charge in [-0.2, -0.15) is 0 Å². The van der Waals surface area contributed by atoms with E-state index in [1.165, 1.54) is 205 Å². The van der Waals surface area contributed by atoms with Gasteiger partial charge >= 0.3 is 5.97 Å². The van der Waals surface area contributed by atoms with Gasteiger partial charge in [0.15, 0.2) is 6.29 Å². The lowest BCUT2D eigenvalue weighted by Gasteiger charge is -2.39. The first kappa shape index (κ1) is 58.9. The highest BCUT2D eigenvalue weighted by atomic mass is 16.7. The van der Waals surface area contributed by atoms with Gasteiger partial charge in [0.2, 0.25) is 0 Å². The smallest absolute Gasteiger partial charge is 0.306 e. The van der Waals surface area contributed by atoms with E-state index in [0.717, 1.165) is 32.1 Å². The Labute approximate surface area is 382 Å². The van der Waals surface area contributed by atoms with Gasteiger partial charge in [-0.3, -0.25) is 4.79 Å². The van der Waals surface area contributed by atoms with Crippen molar-refractivity contribution in [1.82, 2.24) is 0 Å². The fourth-order valence-corrected chi connectivity index (χ4v) is 8.49. The fourth-order valence-electron chi connectivity index (χ4n) is 8.49. The van der Waals surface area contributed by atoms with E-state index >= 15 is 0 Å². The molecule has 1 saturated heterocycles. The SMILES string of the molecule is CCCCCCCC/C=C\CCCCCCCCCCCCOCC(COC1OC(CO)C(O)C(O)C1O)OC(=O)CCCCCCCCCCCCCCCCCCCCC. The average Bonchev–Trinajstić information content (AvgIpc) is 3.27. The van der Waals surface area contributed by atoms with Crippen LogP contribution in [0, 0.1) is 0 Å². The van der Waals surface area contributed by atoms with E-state index in [1.807, 2.05) is 0 Å². The summed E-state index contributed by atoms with van der Waals surface area (Å²) in [5.41, 5.74) is 0. The zero-order valence-electron chi connectivity index (χ0n) is 40.6. The van der Waals surface area contributed by atoms with Crippen LogP contribution in [0.1, 0.15) is 258 Å². The molecule has 368 valence electrons. The zero-order valence-corrected chi connectivity index (χ0v) is 40.6. The summed E-state index contributed by atoms with van der Waals surface area (Å²) < 4.78 is 22.9. The Balaban J connectivity index is 2.17. The Bertz CT molecular complexity index is 961. The molecule has 1 heterocycles. The van der Waals surface area contributed by atoms with Crippen LogP contribution >= 0.6 is 0 Å². The number of ether oxygens (including phenoxy) is 4. The molecule has 0 radical (unpaired) electrons. The highest BCUT2D eigenvalue weighted by Gasteiger charge is 2.44. The number of rotatable bonds is 47. The summed E-state index contributed by atoms with van der Waals surface area (Å²) in [7, 11) is 0. The number of esters is 1. The first-order valence-corrected chi connectivity index (χ1v) is 26.8. The first-order chi connectivity index (χ1) is 30.4. The normalized spacial score (nSPS) is 19.7. The Morgan fingerprint density at radius 2 is 0.887 bits per heavy atom. The van der Waals surface area contributed by atoms with Crippen molar-refractivity contribution in [2.24, 2.45) is 0 Å². The summed E-state index contributed by atoms with van der Waals surface area (Å²) in [4.78, 5) is 12.8. The number of carbonyl (C=O) groups is 1. The quantitative estimate of drug-likeness (QED) is 0.0268. The molecule has 0 aromatic rings. The number of allylic oxidation sites excluding steroid dienone is 2. The summed E-state index contributed by atoms with van der Waals surface area (Å²) in [6, 6.07) is 0. The molecule has 1 fully saturated rings. The number of hydrogen-bond donors (Lipinski definition) is 4. The molecule has 4 N–H and O–H groups in total. The third kappa shape index (κ3) is 35.2. The van der Waals surface area contributed by atoms with Gasteiger partial charge in [-0.1, -0.05) is 225 Å². The van der Waals surface area contributed by atoms with Gasteiger partial charge in [0, 0.05) is 13.0 Å². The second kappa shape index (κ2) is 45.1. The van der Waals surface area contributed by atoms with Crippen LogP contribution in [0.25, 0.3) is 0 Å². The Morgan fingerprint density at radius 3 is 1.31 bits per heavy atom. The van der Waals surface area contributed by atoms with Gasteiger partial charge in [-0.25, -0.2) is 0 Å². The number of hydrogen-bond acceptors (Lipinski definition) is 9. The van der Waals surface area contributed by atoms with Crippen molar-refractivity contribution in [3.63, 3.8) is 0 Å². The third-order valence-corrected chi connectivity index (χ3v) is 12.7. The molecule has 0 aromatic heterocycles. The van der Waals surface area contributed by atoms with Gasteiger partial charge in [-0.15, -0.1) is 0 Å². The molecule has 1 rings (SSSR count). The van der Waals surface area contributed by atoms with E-state index in [1.54, 1.807) is 0 Å². The van der Waals surface area contributed by atoms with E-state index in [0.29, 0.717) is 13.0 Å². The molecule has 0 aliphatic carbocycles. The summed E-state index contributed by atoms with van der Waals surface area (Å²) in [5.74, 6) is -0.307. The van der Waals surface area contributed by atoms with Crippen LogP contribution in [0.15, 0.2) is 12.2 Å². The van der Waals surface area contributed by atoms with Crippen molar-refractivity contribution in [3.05, 3.63) is 12.2 Å². The maximum Gasteiger partial charge on any atom is 0.306 e. The van der Waals surface area contributed by atoms with Crippen molar-refractivity contribution in [2.75, 3.05) is 26.4 Å². The maximum atomic E-state index is 12.8. The van der Waals surface area contributed by atoms with Crippen molar-refractivity contribution in [1.29, 1.82) is 0 Å². The van der Waals surface area contributed by atoms with Crippen molar-refractivity contribution in [3.8, 4) is 0 Å². The van der Waals surface area contributed by atoms with E-state index in [4.69, 9.17) is 18.9 Å². The molecular formula is C53H102O9. The average molecular weight is 883 g/mol. The molecule has 1 aliphatic heterocycles. The molecule has 1 aliphatic rings. The monoisotopic (exact) mass is 883 g/mol. The number of aliphatic hydroxyl groups excluding tert-OH is 4. The largest absolute Gasteiger partial charge is 0.457 e. The topological polar surface area (TPSA) is 135 Å². The van der Waals surface area contributed by atoms with Crippen LogP contribution in [0.2, 0.25) is 0 Å². The second-order valence-corrected chi connectivity index (χ2v) is 18.7. The van der Waals surface area contributed by atoms with Gasteiger partial charge in [-0.05, 0) is 38.5 Å². The molecule has 0 spiro atoms. The van der Waals surface area contributed by atoms with Gasteiger partial charge < -0.3 is 39.4 Å². The van der Waals surface area contributed by atoms with Gasteiger partial charge in [0.25, 0.3) is 0 Å². The minimum Gasteiger partial charge on any atom is -0.457 e. The Morgan fingerprint density at radius 1 is 0.500 bits per heavy atom. The van der Waals surface area contributed by atoms with Crippen LogP contribution in [0.4, 0.5) is 0 Å². The van der Waals surface area contributed by atoms with Crippen LogP contribution in [0.3, 0.4) is 0 Å². The molecule has 0 bridgehead atoms. The third-order valence-electron chi connectivity index (χ3n) is 12.7. The highest BCUT2D eigenvalue weighted by Crippen LogP contribution is 2.23. The molecule has 9 nitrogen and oxygen atoms in total. The summed E-state index contributed by atoms with van der Waals surface area (Å²) in [6.45, 7) is 4.61. The highest BCUT2D eigenvalue weighted by molar-refractivity contribution is 5.69. The molecular weight excluding hydrogens is 781 g/mol. The minimum absolute atomic E-state index is 0.108. The second-order valence-electron chi connectivity index (χ2n) is 18.7. The Kier molecular flexibility index (Phi) is 42.9. The van der Waals surface area contributed by atoms with E-state index in [2.05, 4.69) is 26.0 Å². The zero-order chi connectivity index (χ0) is 45.0. The lowest BCUT2D eigenvalue weighted by atomic mass is 9.99. The molecule has 0 aromatic carbocycles. The van der Waals surface area contributed by atoms with E-state index in [9.17, 15) is 25.2 Å². The van der Waals surface area contributed by atoms with E-state index < -0.39 is 43.4 Å². The maximum absolute atomic E-state index is 12.8. The van der Waals surface area contributed by atoms with Crippen LogP contribution < -0.4 is 0 Å². The number of aliphatic hydroxyl groups is 4. The summed E-state index contributed by atoms with van der Waals surface area (Å²) >= 11 is 0. The molecule has 6 unspecified atom stereocenters. The summed E-state index contributed by atoms with van der Waals surface area (Å²) in [5, 5.41) is 40.3. The molecule has 0 amide bonds. The summed E-state index contributed by atoms with van der Waals surface area (Å²) in [6.07, 6.45) is 45.3. The van der Waals surface area contributed by atoms with Crippen molar-refractivity contribution >= 4 is 5.97 Å². The minimum atomic E-state index is -1.53. The van der Waals surface area contributed by atoms with Crippen LogP contribution in [-0.2, 0) is 23.7 Å². The van der Waals surface area contributed by atoms with Gasteiger partial charge in [0.1, 0.15) is 30.5 Å². The van der Waals surface area contributed by atoms with Gasteiger partial charge in [0.05, 0.1) is 19.8 Å². The van der Waals surface area contributed by atoms with Crippen LogP contribution in [-0.4, -0.2) is 89.6 Å². The van der Waals surface area contributed by atoms with Crippen molar-refractivity contribution < 1.29 is 44.2 Å². The number of unbranched alkanes of at least 4 members (excludes halogenated alkanes) is 34. The number of carbonyl (C=O) groups excluding carboxylic acids is 1. The predicted octanol–water partition coefficient (Wildman–Crippen LogP) is 13.2. The van der Waals surface area contributed by atoms with E-state index in [-0.39, 0.29) is 19.2 Å². The lowest BCUT2D eigenvalue weighted by molar-refractivity contribution is -0.305. The molecule has 0 saturated carbocycles. The Hall–Kier alpha value is -1.07. The first-order valence-electron chi connectivity index (χ1n) is 26.8. The predicted molar refractivity (Wildman–Crippen MR) is 256 cm³/mol. The van der Waals surface area contributed by atoms with Crippen molar-refractivity contribution in [2.45, 2.75) is 295 Å². The lowest BCUT2D eigenvalue weighted by Crippen LogP contribution is -2.59. The molecule has 62 heavy (non-hydrogen) atoms. The molecule has 6 atom stereocenters. The standard InChI is InChI=1S/C53H102O9/c1-3-5-7-9-11-13-15-17-19-21-23-25-27-29-31-33-35-37-39-41-43-59-45-47(46-60-53-52(58)51(57)50(56)48(44-54)62-53)61-49(55)42-40-38-36-34-32-30-28-26-24-22-20-18-16-14-12-10-8-6-4-2/h17,19,47-48,50-54,56-58H,3-16,18,20-46H2,1-2H3/b19-17-. The molecule has 9 heteroatoms. The fraction of sp³-hybridized carbons (Fsp3) is 0.943. The van der Waals surface area contributed by atoms with Crippen LogP contribution in [0.5, 0.6) is 0 Å².